The van der Waals surface area contributed by atoms with Crippen molar-refractivity contribution in [3.05, 3.63) is 58.6 Å². The molecule has 1 N–H and O–H groups in total. The molecule has 0 amide bonds. The molecule has 0 unspecified atom stereocenters. The van der Waals surface area contributed by atoms with Gasteiger partial charge in [-0.1, -0.05) is 46.7 Å². The minimum absolute atomic E-state index is 0.703. The molecule has 0 radical (unpaired) electrons. The van der Waals surface area contributed by atoms with Crippen LogP contribution in [-0.2, 0) is 0 Å². The molecule has 0 aliphatic carbocycles. The molecule has 0 aliphatic rings. The molecule has 3 nitrogen and oxygen atoms in total. The lowest BCUT2D eigenvalue weighted by Crippen LogP contribution is -1.88. The molecular formula is C14H9Cl2N3S. The maximum atomic E-state index is 5.87. The van der Waals surface area contributed by atoms with Gasteiger partial charge in [0.1, 0.15) is 5.01 Å². The molecule has 0 atom stereocenters. The SMILES string of the molecule is Clc1ccc(Nc2nnc(-c3ccc(Cl)cc3)s2)cc1. The summed E-state index contributed by atoms with van der Waals surface area (Å²) in [6, 6.07) is 15.0. The lowest BCUT2D eigenvalue weighted by atomic mass is 10.2. The second kappa shape index (κ2) is 5.79. The highest BCUT2D eigenvalue weighted by Crippen LogP contribution is 2.29. The Morgan fingerprint density at radius 1 is 0.800 bits per heavy atom. The number of nitrogens with zero attached hydrogens (tertiary/aromatic N) is 2. The normalized spacial score (nSPS) is 10.5. The van der Waals surface area contributed by atoms with E-state index in [2.05, 4.69) is 15.5 Å². The van der Waals surface area contributed by atoms with Gasteiger partial charge >= 0.3 is 0 Å². The fraction of sp³-hybridized carbons (Fsp3) is 0. The fourth-order valence-corrected chi connectivity index (χ4v) is 2.66. The summed E-state index contributed by atoms with van der Waals surface area (Å²) in [6.45, 7) is 0. The molecule has 0 saturated carbocycles. The average Bonchev–Trinajstić information content (AvgIpc) is 2.91. The predicted molar refractivity (Wildman–Crippen MR) is 85.1 cm³/mol. The maximum Gasteiger partial charge on any atom is 0.210 e. The predicted octanol–water partition coefficient (Wildman–Crippen LogP) is 5.26. The van der Waals surface area contributed by atoms with Gasteiger partial charge in [-0.2, -0.15) is 0 Å². The van der Waals surface area contributed by atoms with Crippen LogP contribution in [0.1, 0.15) is 0 Å². The fourth-order valence-electron chi connectivity index (χ4n) is 1.64. The first-order valence-corrected chi connectivity index (χ1v) is 7.40. The Bertz CT molecular complexity index is 708. The van der Waals surface area contributed by atoms with Crippen molar-refractivity contribution in [1.29, 1.82) is 0 Å². The Kier molecular flexibility index (Phi) is 3.87. The first-order valence-electron chi connectivity index (χ1n) is 5.83. The van der Waals surface area contributed by atoms with Crippen LogP contribution < -0.4 is 5.32 Å². The van der Waals surface area contributed by atoms with E-state index in [1.54, 1.807) is 0 Å². The number of nitrogens with one attached hydrogen (secondary N) is 1. The van der Waals surface area contributed by atoms with E-state index in [9.17, 15) is 0 Å². The van der Waals surface area contributed by atoms with Crippen LogP contribution in [0, 0.1) is 0 Å². The number of anilines is 2. The molecule has 20 heavy (non-hydrogen) atoms. The molecule has 2 aromatic carbocycles. The van der Waals surface area contributed by atoms with Crippen molar-refractivity contribution >= 4 is 45.4 Å². The summed E-state index contributed by atoms with van der Waals surface area (Å²) in [5.74, 6) is 0. The Labute approximate surface area is 130 Å². The van der Waals surface area contributed by atoms with Crippen molar-refractivity contribution in [2.24, 2.45) is 0 Å². The third kappa shape index (κ3) is 3.10. The molecule has 3 rings (SSSR count). The van der Waals surface area contributed by atoms with Crippen molar-refractivity contribution in [3.8, 4) is 10.6 Å². The van der Waals surface area contributed by atoms with E-state index in [0.29, 0.717) is 10.0 Å². The lowest BCUT2D eigenvalue weighted by molar-refractivity contribution is 1.10. The number of rotatable bonds is 3. The topological polar surface area (TPSA) is 37.8 Å². The van der Waals surface area contributed by atoms with Gasteiger partial charge in [0.25, 0.3) is 0 Å². The minimum atomic E-state index is 0.703. The molecule has 100 valence electrons. The van der Waals surface area contributed by atoms with Crippen LogP contribution >= 0.6 is 34.5 Å². The van der Waals surface area contributed by atoms with Crippen LogP contribution in [-0.4, -0.2) is 10.2 Å². The van der Waals surface area contributed by atoms with Gasteiger partial charge < -0.3 is 5.32 Å². The molecule has 3 aromatic rings. The standard InChI is InChI=1S/C14H9Cl2N3S/c15-10-3-1-9(2-4-10)13-18-19-14(20-13)17-12-7-5-11(16)6-8-12/h1-8H,(H,17,19). The maximum absolute atomic E-state index is 5.87. The summed E-state index contributed by atoms with van der Waals surface area (Å²) in [4.78, 5) is 0. The van der Waals surface area contributed by atoms with E-state index in [1.165, 1.54) is 11.3 Å². The van der Waals surface area contributed by atoms with Crippen molar-refractivity contribution in [1.82, 2.24) is 10.2 Å². The van der Waals surface area contributed by atoms with E-state index in [-0.39, 0.29) is 0 Å². The molecule has 1 aromatic heterocycles. The van der Waals surface area contributed by atoms with E-state index in [0.717, 1.165) is 21.4 Å². The average molecular weight is 322 g/mol. The summed E-state index contributed by atoms with van der Waals surface area (Å²) in [7, 11) is 0. The zero-order valence-electron chi connectivity index (χ0n) is 10.2. The van der Waals surface area contributed by atoms with Crippen molar-refractivity contribution in [2.45, 2.75) is 0 Å². The van der Waals surface area contributed by atoms with Gasteiger partial charge in [-0.15, -0.1) is 10.2 Å². The van der Waals surface area contributed by atoms with E-state index in [1.807, 2.05) is 48.5 Å². The second-order valence-corrected chi connectivity index (χ2v) is 5.90. The zero-order chi connectivity index (χ0) is 13.9. The van der Waals surface area contributed by atoms with Crippen LogP contribution in [0.4, 0.5) is 10.8 Å². The second-order valence-electron chi connectivity index (χ2n) is 4.05. The van der Waals surface area contributed by atoms with Crippen LogP contribution in [0.5, 0.6) is 0 Å². The van der Waals surface area contributed by atoms with Gasteiger partial charge in [0.2, 0.25) is 5.13 Å². The van der Waals surface area contributed by atoms with Crippen molar-refractivity contribution in [2.75, 3.05) is 5.32 Å². The van der Waals surface area contributed by atoms with Crippen LogP contribution in [0.25, 0.3) is 10.6 Å². The molecule has 0 aliphatic heterocycles. The van der Waals surface area contributed by atoms with E-state index < -0.39 is 0 Å². The van der Waals surface area contributed by atoms with Gasteiger partial charge in [0.15, 0.2) is 0 Å². The first-order chi connectivity index (χ1) is 9.70. The van der Waals surface area contributed by atoms with Gasteiger partial charge in [0.05, 0.1) is 0 Å². The van der Waals surface area contributed by atoms with Crippen LogP contribution in [0.2, 0.25) is 10.0 Å². The molecule has 0 fully saturated rings. The van der Waals surface area contributed by atoms with Crippen molar-refractivity contribution in [3.63, 3.8) is 0 Å². The van der Waals surface area contributed by atoms with Gasteiger partial charge in [-0.25, -0.2) is 0 Å². The van der Waals surface area contributed by atoms with Gasteiger partial charge in [0, 0.05) is 21.3 Å². The quantitative estimate of drug-likeness (QED) is 0.715. The third-order valence-corrected chi connectivity index (χ3v) is 4.00. The van der Waals surface area contributed by atoms with Crippen molar-refractivity contribution < 1.29 is 0 Å². The molecule has 1 heterocycles. The molecular weight excluding hydrogens is 313 g/mol. The highest BCUT2D eigenvalue weighted by atomic mass is 35.5. The monoisotopic (exact) mass is 321 g/mol. The summed E-state index contributed by atoms with van der Waals surface area (Å²) >= 11 is 13.2. The van der Waals surface area contributed by atoms with E-state index >= 15 is 0 Å². The Hall–Kier alpha value is -1.62. The summed E-state index contributed by atoms with van der Waals surface area (Å²) in [6.07, 6.45) is 0. The number of halogens is 2. The number of hydrogen-bond donors (Lipinski definition) is 1. The first kappa shape index (κ1) is 13.4. The molecule has 0 spiro atoms. The summed E-state index contributed by atoms with van der Waals surface area (Å²) in [5, 5.41) is 14.5. The van der Waals surface area contributed by atoms with Gasteiger partial charge in [-0.3, -0.25) is 0 Å². The number of aromatic nitrogens is 2. The molecule has 6 heteroatoms. The number of hydrogen-bond acceptors (Lipinski definition) is 4. The third-order valence-electron chi connectivity index (χ3n) is 2.61. The molecule has 0 saturated heterocycles. The zero-order valence-corrected chi connectivity index (χ0v) is 12.5. The summed E-state index contributed by atoms with van der Waals surface area (Å²) in [5.41, 5.74) is 1.92. The summed E-state index contributed by atoms with van der Waals surface area (Å²) < 4.78 is 0. The van der Waals surface area contributed by atoms with Crippen LogP contribution in [0.15, 0.2) is 48.5 Å². The Balaban J connectivity index is 1.80. The minimum Gasteiger partial charge on any atom is -0.330 e. The Morgan fingerprint density at radius 2 is 1.40 bits per heavy atom. The van der Waals surface area contributed by atoms with Crippen LogP contribution in [0.3, 0.4) is 0 Å². The largest absolute Gasteiger partial charge is 0.330 e. The van der Waals surface area contributed by atoms with E-state index in [4.69, 9.17) is 23.2 Å². The highest BCUT2D eigenvalue weighted by molar-refractivity contribution is 7.18. The molecule has 0 bridgehead atoms. The highest BCUT2D eigenvalue weighted by Gasteiger charge is 2.06. The van der Waals surface area contributed by atoms with Gasteiger partial charge in [-0.05, 0) is 36.4 Å². The lowest BCUT2D eigenvalue weighted by Gasteiger charge is -2.00. The smallest absolute Gasteiger partial charge is 0.210 e. The Morgan fingerprint density at radius 3 is 2.05 bits per heavy atom. The number of benzene rings is 2.